The van der Waals surface area contributed by atoms with E-state index in [-0.39, 0.29) is 0 Å². The molecule has 1 aromatic heterocycles. The molecule has 1 N–H and O–H groups in total. The molecule has 0 saturated carbocycles. The van der Waals surface area contributed by atoms with Crippen molar-refractivity contribution in [2.45, 2.75) is 13.0 Å². The molecule has 2 aromatic rings. The minimum Gasteiger partial charge on any atom is -0.488 e. The van der Waals surface area contributed by atoms with Gasteiger partial charge in [0.05, 0.1) is 23.4 Å². The largest absolute Gasteiger partial charge is 0.488 e. The van der Waals surface area contributed by atoms with Crippen LogP contribution in [0.1, 0.15) is 6.92 Å². The molecule has 0 aliphatic carbocycles. The predicted molar refractivity (Wildman–Crippen MR) is 65.3 cm³/mol. The highest BCUT2D eigenvalue weighted by atomic mass is 35.5. The zero-order valence-electron chi connectivity index (χ0n) is 8.83. The zero-order chi connectivity index (χ0) is 11.1. The Hall–Kier alpha value is -1.48. The molecule has 0 radical (unpaired) electrons. The van der Waals surface area contributed by atoms with Crippen molar-refractivity contribution < 1.29 is 4.74 Å². The summed E-state index contributed by atoms with van der Waals surface area (Å²) in [5.74, 6) is 0.813. The van der Waals surface area contributed by atoms with Crippen LogP contribution in [0.3, 0.4) is 0 Å². The van der Waals surface area contributed by atoms with Gasteiger partial charge in [-0.15, -0.1) is 0 Å². The summed E-state index contributed by atoms with van der Waals surface area (Å²) in [5.41, 5.74) is 1.90. The highest BCUT2D eigenvalue weighted by Gasteiger charge is 2.18. The van der Waals surface area contributed by atoms with Gasteiger partial charge in [-0.1, -0.05) is 11.6 Å². The minimum atomic E-state index is 0.314. The lowest BCUT2D eigenvalue weighted by Crippen LogP contribution is -2.28. The second kappa shape index (κ2) is 3.52. The number of anilines is 1. The fraction of sp³-hybridized carbons (Fsp3) is 0.250. The lowest BCUT2D eigenvalue weighted by Gasteiger charge is -2.25. The number of fused-ring (bicyclic) bond motifs is 3. The van der Waals surface area contributed by atoms with Crippen LogP contribution >= 0.6 is 11.6 Å². The molecule has 4 heteroatoms. The monoisotopic (exact) mass is 234 g/mol. The van der Waals surface area contributed by atoms with E-state index in [4.69, 9.17) is 16.3 Å². The van der Waals surface area contributed by atoms with Gasteiger partial charge in [0, 0.05) is 10.4 Å². The first-order chi connectivity index (χ1) is 7.74. The van der Waals surface area contributed by atoms with Crippen LogP contribution in [0.25, 0.3) is 10.9 Å². The SMILES string of the molecule is CC1COc2cnc3cc(Cl)ccc3c2N1. The molecule has 1 atom stereocenters. The molecular weight excluding hydrogens is 224 g/mol. The number of pyridine rings is 1. The quantitative estimate of drug-likeness (QED) is 0.761. The van der Waals surface area contributed by atoms with Crippen molar-refractivity contribution in [1.29, 1.82) is 0 Å². The van der Waals surface area contributed by atoms with Crippen LogP contribution in [0.5, 0.6) is 5.75 Å². The third kappa shape index (κ3) is 1.48. The molecule has 0 fully saturated rings. The minimum absolute atomic E-state index is 0.314. The van der Waals surface area contributed by atoms with Gasteiger partial charge in [-0.2, -0.15) is 0 Å². The first kappa shape index (κ1) is 9.73. The van der Waals surface area contributed by atoms with E-state index in [0.29, 0.717) is 17.7 Å². The Morgan fingerprint density at radius 3 is 3.25 bits per heavy atom. The van der Waals surface area contributed by atoms with Crippen LogP contribution in [0.15, 0.2) is 24.4 Å². The van der Waals surface area contributed by atoms with Gasteiger partial charge in [0.15, 0.2) is 5.75 Å². The second-order valence-electron chi connectivity index (χ2n) is 4.02. The normalized spacial score (nSPS) is 18.8. The van der Waals surface area contributed by atoms with Crippen molar-refractivity contribution in [1.82, 2.24) is 4.98 Å². The lowest BCUT2D eigenvalue weighted by molar-refractivity contribution is 0.291. The number of ether oxygens (including phenoxy) is 1. The summed E-state index contributed by atoms with van der Waals surface area (Å²) in [7, 11) is 0. The van der Waals surface area contributed by atoms with Gasteiger partial charge in [0.25, 0.3) is 0 Å². The molecule has 1 aromatic carbocycles. The topological polar surface area (TPSA) is 34.1 Å². The molecule has 0 saturated heterocycles. The van der Waals surface area contributed by atoms with Gasteiger partial charge in [-0.25, -0.2) is 0 Å². The predicted octanol–water partition coefficient (Wildman–Crippen LogP) is 3.08. The summed E-state index contributed by atoms with van der Waals surface area (Å²) in [4.78, 5) is 4.33. The molecule has 16 heavy (non-hydrogen) atoms. The number of halogens is 1. The van der Waals surface area contributed by atoms with Crippen molar-refractivity contribution in [3.8, 4) is 5.75 Å². The first-order valence-electron chi connectivity index (χ1n) is 5.21. The molecule has 1 aliphatic rings. The average molecular weight is 235 g/mol. The van der Waals surface area contributed by atoms with Gasteiger partial charge in [0.2, 0.25) is 0 Å². The Bertz CT molecular complexity index is 556. The smallest absolute Gasteiger partial charge is 0.161 e. The van der Waals surface area contributed by atoms with Crippen LogP contribution in [-0.2, 0) is 0 Å². The lowest BCUT2D eigenvalue weighted by atomic mass is 10.1. The van der Waals surface area contributed by atoms with E-state index in [1.807, 2.05) is 18.2 Å². The van der Waals surface area contributed by atoms with Crippen molar-refractivity contribution in [3.63, 3.8) is 0 Å². The van der Waals surface area contributed by atoms with E-state index < -0.39 is 0 Å². The van der Waals surface area contributed by atoms with E-state index in [9.17, 15) is 0 Å². The van der Waals surface area contributed by atoms with Gasteiger partial charge < -0.3 is 10.1 Å². The third-order valence-electron chi connectivity index (χ3n) is 2.68. The number of hydrogen-bond acceptors (Lipinski definition) is 3. The number of nitrogens with zero attached hydrogens (tertiary/aromatic N) is 1. The summed E-state index contributed by atoms with van der Waals surface area (Å²) >= 11 is 5.94. The van der Waals surface area contributed by atoms with Crippen molar-refractivity contribution in [2.24, 2.45) is 0 Å². The number of rotatable bonds is 0. The molecular formula is C12H11ClN2O. The molecule has 82 valence electrons. The highest BCUT2D eigenvalue weighted by Crippen LogP contribution is 2.35. The standard InChI is InChI=1S/C12H11ClN2O/c1-7-6-16-11-5-14-10-4-8(13)2-3-9(10)12(11)15-7/h2-5,7,15H,6H2,1H3. The summed E-state index contributed by atoms with van der Waals surface area (Å²) < 4.78 is 5.62. The summed E-state index contributed by atoms with van der Waals surface area (Å²) in [6.07, 6.45) is 1.74. The Labute approximate surface area is 98.4 Å². The third-order valence-corrected chi connectivity index (χ3v) is 2.91. The van der Waals surface area contributed by atoms with E-state index in [2.05, 4.69) is 17.2 Å². The number of benzene rings is 1. The number of aromatic nitrogens is 1. The average Bonchev–Trinajstić information content (AvgIpc) is 2.28. The Morgan fingerprint density at radius 2 is 2.38 bits per heavy atom. The molecule has 0 amide bonds. The van der Waals surface area contributed by atoms with E-state index in [1.54, 1.807) is 6.20 Å². The van der Waals surface area contributed by atoms with E-state index >= 15 is 0 Å². The fourth-order valence-corrected chi connectivity index (χ4v) is 2.08. The zero-order valence-corrected chi connectivity index (χ0v) is 9.58. The van der Waals surface area contributed by atoms with Gasteiger partial charge in [-0.05, 0) is 25.1 Å². The van der Waals surface area contributed by atoms with Crippen molar-refractivity contribution in [2.75, 3.05) is 11.9 Å². The molecule has 1 unspecified atom stereocenters. The van der Waals surface area contributed by atoms with Crippen LogP contribution in [0.2, 0.25) is 5.02 Å². The molecule has 3 rings (SSSR count). The number of hydrogen-bond donors (Lipinski definition) is 1. The molecule has 1 aliphatic heterocycles. The molecule has 2 heterocycles. The molecule has 0 bridgehead atoms. The Kier molecular flexibility index (Phi) is 2.14. The number of nitrogens with one attached hydrogen (secondary N) is 1. The van der Waals surface area contributed by atoms with Gasteiger partial charge in [-0.3, -0.25) is 4.98 Å². The van der Waals surface area contributed by atoms with Crippen LogP contribution in [-0.4, -0.2) is 17.6 Å². The maximum atomic E-state index is 5.94. The maximum absolute atomic E-state index is 5.94. The van der Waals surface area contributed by atoms with Crippen LogP contribution < -0.4 is 10.1 Å². The van der Waals surface area contributed by atoms with Gasteiger partial charge in [0.1, 0.15) is 6.61 Å². The summed E-state index contributed by atoms with van der Waals surface area (Å²) in [6, 6.07) is 6.01. The van der Waals surface area contributed by atoms with Crippen molar-refractivity contribution >= 4 is 28.2 Å². The fourth-order valence-electron chi connectivity index (χ4n) is 1.91. The van der Waals surface area contributed by atoms with Crippen molar-refractivity contribution in [3.05, 3.63) is 29.4 Å². The van der Waals surface area contributed by atoms with E-state index in [1.165, 1.54) is 0 Å². The molecule has 3 nitrogen and oxygen atoms in total. The summed E-state index contributed by atoms with van der Waals surface area (Å²) in [5, 5.41) is 5.16. The van der Waals surface area contributed by atoms with Gasteiger partial charge >= 0.3 is 0 Å². The van der Waals surface area contributed by atoms with E-state index in [0.717, 1.165) is 22.3 Å². The molecule has 0 spiro atoms. The highest BCUT2D eigenvalue weighted by molar-refractivity contribution is 6.31. The maximum Gasteiger partial charge on any atom is 0.161 e. The van der Waals surface area contributed by atoms with Crippen LogP contribution in [0.4, 0.5) is 5.69 Å². The first-order valence-corrected chi connectivity index (χ1v) is 5.59. The Morgan fingerprint density at radius 1 is 1.50 bits per heavy atom. The summed E-state index contributed by atoms with van der Waals surface area (Å²) in [6.45, 7) is 2.76. The van der Waals surface area contributed by atoms with Crippen LogP contribution in [0, 0.1) is 0 Å². The second-order valence-corrected chi connectivity index (χ2v) is 4.45. The Balaban J connectivity index is 2.26.